The number of hydrogen-bond acceptors (Lipinski definition) is 3. The molecule has 1 unspecified atom stereocenters. The topological polar surface area (TPSA) is 55.4 Å². The van der Waals surface area contributed by atoms with E-state index in [0.29, 0.717) is 13.0 Å². The van der Waals surface area contributed by atoms with Crippen LogP contribution in [-0.2, 0) is 14.3 Å². The molecule has 4 heteroatoms. The summed E-state index contributed by atoms with van der Waals surface area (Å²) in [5.74, 6) is -0.423. The van der Waals surface area contributed by atoms with Crippen molar-refractivity contribution in [2.75, 3.05) is 6.54 Å². The number of hydrogen-bond donors (Lipinski definition) is 1. The number of esters is 1. The number of rotatable bonds is 4. The van der Waals surface area contributed by atoms with Crippen molar-refractivity contribution in [1.29, 1.82) is 0 Å². The zero-order valence-electron chi connectivity index (χ0n) is 10.4. The van der Waals surface area contributed by atoms with Crippen LogP contribution >= 0.6 is 0 Å². The maximum atomic E-state index is 10.5. The standard InChI is InChI=1S/C8H15NO3.C3H8/c1-4-8(12-7(3)11)5-9-6(2)10;1-3-2/h8H,4-5H2,1-3H3,(H,9,10);3H2,1-2H3. The van der Waals surface area contributed by atoms with Gasteiger partial charge in [0.25, 0.3) is 0 Å². The quantitative estimate of drug-likeness (QED) is 0.731. The van der Waals surface area contributed by atoms with Crippen molar-refractivity contribution in [2.45, 2.75) is 53.6 Å². The Balaban J connectivity index is 0. The van der Waals surface area contributed by atoms with Crippen LogP contribution in [0.5, 0.6) is 0 Å². The van der Waals surface area contributed by atoms with Crippen molar-refractivity contribution >= 4 is 11.9 Å². The predicted molar refractivity (Wildman–Crippen MR) is 60.5 cm³/mol. The molecule has 0 saturated heterocycles. The third kappa shape index (κ3) is 15.7. The first-order valence-electron chi connectivity index (χ1n) is 5.39. The van der Waals surface area contributed by atoms with Crippen molar-refractivity contribution < 1.29 is 14.3 Å². The summed E-state index contributed by atoms with van der Waals surface area (Å²) in [5, 5.41) is 2.59. The molecule has 15 heavy (non-hydrogen) atoms. The van der Waals surface area contributed by atoms with Crippen molar-refractivity contribution in [1.82, 2.24) is 5.32 Å². The maximum absolute atomic E-state index is 10.5. The highest BCUT2D eigenvalue weighted by atomic mass is 16.5. The average molecular weight is 217 g/mol. The van der Waals surface area contributed by atoms with E-state index in [1.165, 1.54) is 20.3 Å². The van der Waals surface area contributed by atoms with Gasteiger partial charge in [0.1, 0.15) is 6.10 Å². The van der Waals surface area contributed by atoms with E-state index in [1.807, 2.05) is 6.92 Å². The molecule has 4 nitrogen and oxygen atoms in total. The third-order valence-corrected chi connectivity index (χ3v) is 1.37. The normalized spacial score (nSPS) is 10.7. The second kappa shape index (κ2) is 11.0. The Morgan fingerprint density at radius 1 is 1.20 bits per heavy atom. The molecule has 0 aromatic heterocycles. The average Bonchev–Trinajstić information content (AvgIpc) is 2.12. The van der Waals surface area contributed by atoms with Crippen LogP contribution in [0.15, 0.2) is 0 Å². The second-order valence-electron chi connectivity index (χ2n) is 3.28. The lowest BCUT2D eigenvalue weighted by Crippen LogP contribution is -2.32. The number of amides is 1. The zero-order chi connectivity index (χ0) is 12.3. The first kappa shape index (κ1) is 16.4. The summed E-state index contributed by atoms with van der Waals surface area (Å²) in [6, 6.07) is 0. The Hall–Kier alpha value is -1.06. The number of nitrogens with one attached hydrogen (secondary N) is 1. The first-order chi connectivity index (χ1) is 6.97. The molecule has 0 heterocycles. The van der Waals surface area contributed by atoms with Crippen LogP contribution in [0.4, 0.5) is 0 Å². The van der Waals surface area contributed by atoms with E-state index < -0.39 is 0 Å². The molecule has 90 valence electrons. The Morgan fingerprint density at radius 2 is 1.67 bits per heavy atom. The molecule has 0 rings (SSSR count). The van der Waals surface area contributed by atoms with Gasteiger partial charge in [-0.25, -0.2) is 0 Å². The zero-order valence-corrected chi connectivity index (χ0v) is 10.4. The van der Waals surface area contributed by atoms with Crippen LogP contribution in [0, 0.1) is 0 Å². The molecule has 0 aliphatic carbocycles. The van der Waals surface area contributed by atoms with Gasteiger partial charge in [-0.2, -0.15) is 0 Å². The summed E-state index contributed by atoms with van der Waals surface area (Å²) in [7, 11) is 0. The van der Waals surface area contributed by atoms with Gasteiger partial charge < -0.3 is 10.1 Å². The van der Waals surface area contributed by atoms with Gasteiger partial charge in [-0.3, -0.25) is 9.59 Å². The van der Waals surface area contributed by atoms with E-state index in [0.717, 1.165) is 0 Å². The van der Waals surface area contributed by atoms with Crippen LogP contribution in [0.25, 0.3) is 0 Å². The molecule has 1 amide bonds. The predicted octanol–water partition coefficient (Wildman–Crippen LogP) is 1.88. The monoisotopic (exact) mass is 217 g/mol. The Labute approximate surface area is 92.4 Å². The molecule has 0 aliphatic heterocycles. The fourth-order valence-electron chi connectivity index (χ4n) is 0.762. The minimum absolute atomic E-state index is 0.111. The SMILES string of the molecule is CCC.CCC(CNC(C)=O)OC(C)=O. The molecular formula is C11H23NO3. The van der Waals surface area contributed by atoms with E-state index in [4.69, 9.17) is 4.74 Å². The van der Waals surface area contributed by atoms with Crippen LogP contribution < -0.4 is 5.32 Å². The summed E-state index contributed by atoms with van der Waals surface area (Å²) in [4.78, 5) is 21.0. The molecule has 1 N–H and O–H groups in total. The van der Waals surface area contributed by atoms with E-state index in [1.54, 1.807) is 0 Å². The van der Waals surface area contributed by atoms with Gasteiger partial charge in [-0.15, -0.1) is 0 Å². The lowest BCUT2D eigenvalue weighted by molar-refractivity contribution is -0.146. The lowest BCUT2D eigenvalue weighted by Gasteiger charge is -2.14. The van der Waals surface area contributed by atoms with Crippen molar-refractivity contribution in [2.24, 2.45) is 0 Å². The van der Waals surface area contributed by atoms with Gasteiger partial charge in [-0.1, -0.05) is 27.2 Å². The largest absolute Gasteiger partial charge is 0.461 e. The van der Waals surface area contributed by atoms with Crippen LogP contribution in [0.2, 0.25) is 0 Å². The number of carbonyl (C=O) groups is 2. The maximum Gasteiger partial charge on any atom is 0.302 e. The molecule has 0 aromatic carbocycles. The summed E-state index contributed by atoms with van der Waals surface area (Å²) in [6.45, 7) is 9.33. The fraction of sp³-hybridized carbons (Fsp3) is 0.818. The first-order valence-corrected chi connectivity index (χ1v) is 5.39. The van der Waals surface area contributed by atoms with Gasteiger partial charge in [0.15, 0.2) is 0 Å². The van der Waals surface area contributed by atoms with E-state index in [-0.39, 0.29) is 18.0 Å². The minimum atomic E-state index is -0.313. The third-order valence-electron chi connectivity index (χ3n) is 1.37. The molecule has 0 aromatic rings. The second-order valence-corrected chi connectivity index (χ2v) is 3.28. The summed E-state index contributed by atoms with van der Waals surface area (Å²) < 4.78 is 4.90. The highest BCUT2D eigenvalue weighted by molar-refractivity contribution is 5.72. The van der Waals surface area contributed by atoms with Crippen molar-refractivity contribution in [3.05, 3.63) is 0 Å². The molecule has 0 spiro atoms. The number of ether oxygens (including phenoxy) is 1. The Morgan fingerprint density at radius 3 is 1.93 bits per heavy atom. The molecule has 0 aliphatic rings. The van der Waals surface area contributed by atoms with Crippen LogP contribution in [-0.4, -0.2) is 24.5 Å². The smallest absolute Gasteiger partial charge is 0.302 e. The molecule has 1 atom stereocenters. The minimum Gasteiger partial charge on any atom is -0.461 e. The van der Waals surface area contributed by atoms with Gasteiger partial charge in [-0.05, 0) is 6.42 Å². The van der Waals surface area contributed by atoms with Gasteiger partial charge in [0, 0.05) is 13.8 Å². The van der Waals surface area contributed by atoms with Gasteiger partial charge in [0.2, 0.25) is 5.91 Å². The molecule has 0 radical (unpaired) electrons. The highest BCUT2D eigenvalue weighted by Gasteiger charge is 2.08. The summed E-state index contributed by atoms with van der Waals surface area (Å²) >= 11 is 0. The Kier molecular flexibility index (Phi) is 12.0. The van der Waals surface area contributed by atoms with Crippen LogP contribution in [0.1, 0.15) is 47.5 Å². The van der Waals surface area contributed by atoms with Crippen molar-refractivity contribution in [3.63, 3.8) is 0 Å². The fourth-order valence-corrected chi connectivity index (χ4v) is 0.762. The molecule has 0 fully saturated rings. The molecular weight excluding hydrogens is 194 g/mol. The molecule has 0 bridgehead atoms. The van der Waals surface area contributed by atoms with E-state index >= 15 is 0 Å². The van der Waals surface area contributed by atoms with Gasteiger partial charge in [0.05, 0.1) is 6.54 Å². The van der Waals surface area contributed by atoms with Crippen molar-refractivity contribution in [3.8, 4) is 0 Å². The van der Waals surface area contributed by atoms with Crippen LogP contribution in [0.3, 0.4) is 0 Å². The van der Waals surface area contributed by atoms with E-state index in [2.05, 4.69) is 19.2 Å². The van der Waals surface area contributed by atoms with Gasteiger partial charge >= 0.3 is 5.97 Å². The highest BCUT2D eigenvalue weighted by Crippen LogP contribution is 1.96. The lowest BCUT2D eigenvalue weighted by atomic mass is 10.3. The summed E-state index contributed by atoms with van der Waals surface area (Å²) in [6.07, 6.45) is 1.76. The summed E-state index contributed by atoms with van der Waals surface area (Å²) in [5.41, 5.74) is 0. The Bertz CT molecular complexity index is 181. The number of carbonyl (C=O) groups excluding carboxylic acids is 2. The van der Waals surface area contributed by atoms with E-state index in [9.17, 15) is 9.59 Å². The molecule has 0 saturated carbocycles.